The fourth-order valence-corrected chi connectivity index (χ4v) is 5.99. The molecule has 0 radical (unpaired) electrons. The Kier molecular flexibility index (Phi) is 1.79. The number of fused-ring (bicyclic) bond motifs is 9. The van der Waals surface area contributed by atoms with Crippen LogP contribution in [0.2, 0.25) is 0 Å². The number of hydrogen-bond acceptors (Lipinski definition) is 2. The van der Waals surface area contributed by atoms with Crippen molar-refractivity contribution in [3.8, 4) is 0 Å². The highest BCUT2D eigenvalue weighted by atomic mass is 16.5. The molecule has 0 N–H and O–H groups in total. The normalized spacial score (nSPS) is 56.7. The van der Waals surface area contributed by atoms with E-state index in [2.05, 4.69) is 0 Å². The fraction of sp³-hybridized carbons (Fsp3) is 0.929. The Morgan fingerprint density at radius 1 is 1.00 bits per heavy atom. The third-order valence-corrected chi connectivity index (χ3v) is 6.24. The Labute approximate surface area is 96.7 Å². The third-order valence-electron chi connectivity index (χ3n) is 6.24. The van der Waals surface area contributed by atoms with E-state index in [4.69, 9.17) is 4.74 Å². The molecule has 4 saturated carbocycles. The first kappa shape index (κ1) is 9.49. The lowest BCUT2D eigenvalue weighted by Gasteiger charge is -2.37. The van der Waals surface area contributed by atoms with Gasteiger partial charge in [0, 0.05) is 0 Å². The summed E-state index contributed by atoms with van der Waals surface area (Å²) in [5.41, 5.74) is 0. The van der Waals surface area contributed by atoms with E-state index in [1.54, 1.807) is 7.11 Å². The lowest BCUT2D eigenvalue weighted by atomic mass is 9.67. The maximum absolute atomic E-state index is 11.8. The summed E-state index contributed by atoms with van der Waals surface area (Å²) in [4.78, 5) is 11.8. The number of esters is 1. The molecule has 4 fully saturated rings. The molecule has 0 aromatic carbocycles. The molecule has 0 amide bonds. The number of hydrogen-bond donors (Lipinski definition) is 0. The molecule has 16 heavy (non-hydrogen) atoms. The maximum Gasteiger partial charge on any atom is 0.308 e. The smallest absolute Gasteiger partial charge is 0.308 e. The Balaban J connectivity index is 1.63. The predicted octanol–water partition coefficient (Wildman–Crippen LogP) is 2.48. The molecular formula is C14H20O2. The van der Waals surface area contributed by atoms with Crippen molar-refractivity contribution in [2.45, 2.75) is 32.1 Å². The van der Waals surface area contributed by atoms with Gasteiger partial charge in [0.05, 0.1) is 13.0 Å². The summed E-state index contributed by atoms with van der Waals surface area (Å²) in [6.45, 7) is 0. The molecule has 7 unspecified atom stereocenters. The molecule has 4 aliphatic rings. The van der Waals surface area contributed by atoms with E-state index in [9.17, 15) is 4.79 Å². The minimum atomic E-state index is 0.0775. The topological polar surface area (TPSA) is 26.3 Å². The Morgan fingerprint density at radius 3 is 2.50 bits per heavy atom. The molecule has 0 heterocycles. The van der Waals surface area contributed by atoms with Gasteiger partial charge in [-0.1, -0.05) is 0 Å². The quantitative estimate of drug-likeness (QED) is 0.501. The van der Waals surface area contributed by atoms with Gasteiger partial charge in [0.25, 0.3) is 0 Å². The summed E-state index contributed by atoms with van der Waals surface area (Å²) in [7, 11) is 1.55. The van der Waals surface area contributed by atoms with Crippen molar-refractivity contribution < 1.29 is 9.53 Å². The van der Waals surface area contributed by atoms with E-state index in [1.807, 2.05) is 0 Å². The predicted molar refractivity (Wildman–Crippen MR) is 59.5 cm³/mol. The zero-order valence-corrected chi connectivity index (χ0v) is 9.89. The summed E-state index contributed by atoms with van der Waals surface area (Å²) < 4.78 is 4.98. The highest BCUT2D eigenvalue weighted by molar-refractivity contribution is 5.73. The number of carbonyl (C=O) groups excluding carboxylic acids is 1. The van der Waals surface area contributed by atoms with E-state index in [0.717, 1.165) is 36.0 Å². The van der Waals surface area contributed by atoms with Crippen LogP contribution in [0.5, 0.6) is 0 Å². The van der Waals surface area contributed by atoms with Crippen LogP contribution in [0.3, 0.4) is 0 Å². The van der Waals surface area contributed by atoms with Crippen LogP contribution < -0.4 is 0 Å². The zero-order chi connectivity index (χ0) is 10.9. The lowest BCUT2D eigenvalue weighted by Crippen LogP contribution is -2.36. The second-order valence-corrected chi connectivity index (χ2v) is 6.51. The van der Waals surface area contributed by atoms with E-state index in [0.29, 0.717) is 5.92 Å². The van der Waals surface area contributed by atoms with Crippen LogP contribution >= 0.6 is 0 Å². The average molecular weight is 220 g/mol. The minimum Gasteiger partial charge on any atom is -0.469 e. The Bertz CT molecular complexity index is 338. The van der Waals surface area contributed by atoms with Crippen LogP contribution in [0, 0.1) is 41.4 Å². The molecule has 0 saturated heterocycles. The number of carbonyl (C=O) groups is 1. The van der Waals surface area contributed by atoms with Crippen molar-refractivity contribution in [2.24, 2.45) is 41.4 Å². The Hall–Kier alpha value is -0.530. The summed E-state index contributed by atoms with van der Waals surface area (Å²) in [6.07, 6.45) is 6.89. The van der Waals surface area contributed by atoms with Crippen LogP contribution in [0.4, 0.5) is 0 Å². The van der Waals surface area contributed by atoms with Crippen molar-refractivity contribution in [1.29, 1.82) is 0 Å². The first-order valence-electron chi connectivity index (χ1n) is 6.87. The first-order valence-corrected chi connectivity index (χ1v) is 6.87. The van der Waals surface area contributed by atoms with Crippen LogP contribution in [0.15, 0.2) is 0 Å². The van der Waals surface area contributed by atoms with E-state index in [1.165, 1.54) is 25.7 Å². The van der Waals surface area contributed by atoms with Gasteiger partial charge in [-0.15, -0.1) is 0 Å². The molecule has 0 aliphatic heterocycles. The molecule has 4 aliphatic carbocycles. The van der Waals surface area contributed by atoms with Crippen LogP contribution in [-0.2, 0) is 9.53 Å². The molecule has 4 bridgehead atoms. The summed E-state index contributed by atoms with van der Waals surface area (Å²) >= 11 is 0. The fourth-order valence-electron chi connectivity index (χ4n) is 5.99. The molecule has 2 heteroatoms. The molecule has 0 spiro atoms. The maximum atomic E-state index is 11.8. The molecule has 0 aromatic rings. The van der Waals surface area contributed by atoms with Crippen molar-refractivity contribution in [3.05, 3.63) is 0 Å². The highest BCUT2D eigenvalue weighted by Crippen LogP contribution is 2.68. The second kappa shape index (κ2) is 3.02. The minimum absolute atomic E-state index is 0.0775. The Morgan fingerprint density at radius 2 is 1.75 bits per heavy atom. The van der Waals surface area contributed by atoms with Gasteiger partial charge in [0.2, 0.25) is 0 Å². The van der Waals surface area contributed by atoms with Crippen molar-refractivity contribution in [3.63, 3.8) is 0 Å². The molecule has 4 rings (SSSR count). The molecule has 88 valence electrons. The standard InChI is InChI=1S/C14H20O2/c1-16-14(15)11-6-9-5-10(11)13-8-3-2-7(4-8)12(9)13/h7-13H,2-6H2,1H3. The van der Waals surface area contributed by atoms with Crippen LogP contribution in [0.25, 0.3) is 0 Å². The van der Waals surface area contributed by atoms with Gasteiger partial charge < -0.3 is 4.74 Å². The van der Waals surface area contributed by atoms with Crippen molar-refractivity contribution in [1.82, 2.24) is 0 Å². The second-order valence-electron chi connectivity index (χ2n) is 6.51. The van der Waals surface area contributed by atoms with E-state index >= 15 is 0 Å². The number of rotatable bonds is 1. The SMILES string of the molecule is COC(=O)C1CC2CC1C1C3CCC(C3)C21. The van der Waals surface area contributed by atoms with Gasteiger partial charge in [-0.2, -0.15) is 0 Å². The monoisotopic (exact) mass is 220 g/mol. The van der Waals surface area contributed by atoms with Gasteiger partial charge in [0.1, 0.15) is 0 Å². The molecular weight excluding hydrogens is 200 g/mol. The number of methoxy groups -OCH3 is 1. The summed E-state index contributed by atoms with van der Waals surface area (Å²) in [5.74, 6) is 5.81. The van der Waals surface area contributed by atoms with Gasteiger partial charge >= 0.3 is 5.97 Å². The third kappa shape index (κ3) is 0.970. The van der Waals surface area contributed by atoms with Gasteiger partial charge in [0.15, 0.2) is 0 Å². The zero-order valence-electron chi connectivity index (χ0n) is 9.89. The summed E-state index contributed by atoms with van der Waals surface area (Å²) in [6, 6.07) is 0. The van der Waals surface area contributed by atoms with Crippen molar-refractivity contribution >= 4 is 5.97 Å². The van der Waals surface area contributed by atoms with Gasteiger partial charge in [-0.05, 0) is 67.6 Å². The highest BCUT2D eigenvalue weighted by Gasteiger charge is 2.63. The van der Waals surface area contributed by atoms with Crippen molar-refractivity contribution in [2.75, 3.05) is 7.11 Å². The largest absolute Gasteiger partial charge is 0.469 e. The average Bonchev–Trinajstić information content (AvgIpc) is 3.03. The number of ether oxygens (including phenoxy) is 1. The van der Waals surface area contributed by atoms with E-state index < -0.39 is 0 Å². The molecule has 0 aromatic heterocycles. The summed E-state index contributed by atoms with van der Waals surface area (Å²) in [5, 5.41) is 0. The van der Waals surface area contributed by atoms with Gasteiger partial charge in [-0.25, -0.2) is 0 Å². The van der Waals surface area contributed by atoms with Gasteiger partial charge in [-0.3, -0.25) is 4.79 Å². The molecule has 2 nitrogen and oxygen atoms in total. The van der Waals surface area contributed by atoms with Crippen LogP contribution in [0.1, 0.15) is 32.1 Å². The van der Waals surface area contributed by atoms with Crippen LogP contribution in [-0.4, -0.2) is 13.1 Å². The lowest BCUT2D eigenvalue weighted by molar-refractivity contribution is -0.149. The molecule has 7 atom stereocenters. The first-order chi connectivity index (χ1) is 7.79. The van der Waals surface area contributed by atoms with E-state index in [-0.39, 0.29) is 11.9 Å².